The number of amides is 1. The van der Waals surface area contributed by atoms with Crippen molar-refractivity contribution >= 4 is 11.6 Å². The molecule has 0 bridgehead atoms. The van der Waals surface area contributed by atoms with Crippen molar-refractivity contribution in [3.8, 4) is 0 Å². The maximum absolute atomic E-state index is 13.3. The lowest BCUT2D eigenvalue weighted by molar-refractivity contribution is -0.129. The van der Waals surface area contributed by atoms with E-state index in [0.717, 1.165) is 12.1 Å². The first-order valence-corrected chi connectivity index (χ1v) is 5.47. The lowest BCUT2D eigenvalue weighted by Gasteiger charge is -2.21. The van der Waals surface area contributed by atoms with Crippen LogP contribution in [-0.2, 0) is 4.79 Å². The molecule has 3 nitrogen and oxygen atoms in total. The maximum Gasteiger partial charge on any atom is 0.241 e. The fourth-order valence-electron chi connectivity index (χ4n) is 1.25. The van der Waals surface area contributed by atoms with Crippen LogP contribution in [0.2, 0.25) is 0 Å². The minimum Gasteiger partial charge on any atom is -0.374 e. The summed E-state index contributed by atoms with van der Waals surface area (Å²) in [5.74, 6) is -4.41. The standard InChI is InChI=1S/C12H15F3N2O/c1-7(2)17(3)10(18)6-16-9-5-4-8(13)11(14)12(9)15/h4-5,7,16H,6H2,1-3H3. The largest absolute Gasteiger partial charge is 0.374 e. The summed E-state index contributed by atoms with van der Waals surface area (Å²) >= 11 is 0. The summed E-state index contributed by atoms with van der Waals surface area (Å²) in [5, 5.41) is 2.44. The molecule has 0 fully saturated rings. The van der Waals surface area contributed by atoms with Gasteiger partial charge in [0.2, 0.25) is 5.91 Å². The van der Waals surface area contributed by atoms with Crippen LogP contribution in [0, 0.1) is 17.5 Å². The number of halogens is 3. The van der Waals surface area contributed by atoms with Gasteiger partial charge in [-0.1, -0.05) is 0 Å². The van der Waals surface area contributed by atoms with Gasteiger partial charge in [0.05, 0.1) is 12.2 Å². The number of rotatable bonds is 4. The molecule has 1 aromatic rings. The predicted octanol–water partition coefficient (Wildman–Crippen LogP) is 2.38. The van der Waals surface area contributed by atoms with Gasteiger partial charge in [-0.05, 0) is 26.0 Å². The van der Waals surface area contributed by atoms with E-state index in [2.05, 4.69) is 5.32 Å². The Morgan fingerprint density at radius 2 is 1.89 bits per heavy atom. The van der Waals surface area contributed by atoms with Crippen LogP contribution in [0.1, 0.15) is 13.8 Å². The summed E-state index contributed by atoms with van der Waals surface area (Å²) in [6, 6.07) is 1.86. The Morgan fingerprint density at radius 1 is 1.28 bits per heavy atom. The van der Waals surface area contributed by atoms with Crippen molar-refractivity contribution in [2.24, 2.45) is 0 Å². The molecule has 1 aromatic carbocycles. The molecule has 0 saturated heterocycles. The van der Waals surface area contributed by atoms with Gasteiger partial charge in [-0.25, -0.2) is 13.2 Å². The van der Waals surface area contributed by atoms with Crippen LogP contribution in [0.4, 0.5) is 18.9 Å². The molecule has 1 N–H and O–H groups in total. The topological polar surface area (TPSA) is 32.3 Å². The van der Waals surface area contributed by atoms with Crippen LogP contribution < -0.4 is 5.32 Å². The summed E-state index contributed by atoms with van der Waals surface area (Å²) in [7, 11) is 1.61. The maximum atomic E-state index is 13.3. The van der Waals surface area contributed by atoms with Gasteiger partial charge in [0.15, 0.2) is 17.5 Å². The Balaban J connectivity index is 2.70. The molecule has 0 atom stereocenters. The minimum absolute atomic E-state index is 0.00843. The first-order chi connectivity index (χ1) is 8.34. The van der Waals surface area contributed by atoms with Crippen LogP contribution in [0.3, 0.4) is 0 Å². The molecular weight excluding hydrogens is 245 g/mol. The number of anilines is 1. The molecule has 6 heteroatoms. The highest BCUT2D eigenvalue weighted by molar-refractivity contribution is 5.80. The van der Waals surface area contributed by atoms with Gasteiger partial charge in [0.1, 0.15) is 0 Å². The van der Waals surface area contributed by atoms with Gasteiger partial charge in [-0.3, -0.25) is 4.79 Å². The summed E-state index contributed by atoms with van der Waals surface area (Å²) in [5.41, 5.74) is -0.237. The van der Waals surface area contributed by atoms with Crippen molar-refractivity contribution in [2.75, 3.05) is 18.9 Å². The Kier molecular flexibility index (Phi) is 4.58. The van der Waals surface area contributed by atoms with Crippen LogP contribution in [0.15, 0.2) is 12.1 Å². The third-order valence-corrected chi connectivity index (χ3v) is 2.63. The summed E-state index contributed by atoms with van der Waals surface area (Å²) in [4.78, 5) is 13.1. The molecule has 18 heavy (non-hydrogen) atoms. The number of carbonyl (C=O) groups is 1. The number of hydrogen-bond donors (Lipinski definition) is 1. The molecule has 0 unspecified atom stereocenters. The summed E-state index contributed by atoms with van der Waals surface area (Å²) < 4.78 is 38.9. The molecule has 100 valence electrons. The molecule has 0 saturated carbocycles. The van der Waals surface area contributed by atoms with Gasteiger partial charge in [0, 0.05) is 13.1 Å². The van der Waals surface area contributed by atoms with Crippen LogP contribution in [0.25, 0.3) is 0 Å². The van der Waals surface area contributed by atoms with Gasteiger partial charge >= 0.3 is 0 Å². The highest BCUT2D eigenvalue weighted by Gasteiger charge is 2.15. The van der Waals surface area contributed by atoms with Crippen LogP contribution in [-0.4, -0.2) is 30.4 Å². The molecule has 0 spiro atoms. The number of hydrogen-bond acceptors (Lipinski definition) is 2. The number of nitrogens with one attached hydrogen (secondary N) is 1. The molecule has 1 amide bonds. The first-order valence-electron chi connectivity index (χ1n) is 5.47. The van der Waals surface area contributed by atoms with Gasteiger partial charge in [-0.15, -0.1) is 0 Å². The molecule has 0 aromatic heterocycles. The summed E-state index contributed by atoms with van der Waals surface area (Å²) in [6.45, 7) is 3.47. The monoisotopic (exact) mass is 260 g/mol. The zero-order valence-corrected chi connectivity index (χ0v) is 10.4. The third kappa shape index (κ3) is 3.15. The van der Waals surface area contributed by atoms with E-state index in [9.17, 15) is 18.0 Å². The SMILES string of the molecule is CC(C)N(C)C(=O)CNc1ccc(F)c(F)c1F. The third-order valence-electron chi connectivity index (χ3n) is 2.63. The quantitative estimate of drug-likeness (QED) is 0.843. The molecule has 0 aliphatic heterocycles. The van der Waals surface area contributed by atoms with E-state index < -0.39 is 17.5 Å². The average Bonchev–Trinajstić information content (AvgIpc) is 2.33. The zero-order valence-electron chi connectivity index (χ0n) is 10.4. The molecule has 0 radical (unpaired) electrons. The van der Waals surface area contributed by atoms with E-state index in [0.29, 0.717) is 0 Å². The van der Waals surface area contributed by atoms with Crippen LogP contribution >= 0.6 is 0 Å². The second-order valence-corrected chi connectivity index (χ2v) is 4.17. The zero-order chi connectivity index (χ0) is 13.9. The fourth-order valence-corrected chi connectivity index (χ4v) is 1.25. The van der Waals surface area contributed by atoms with Gasteiger partial charge in [0.25, 0.3) is 0 Å². The average molecular weight is 260 g/mol. The first kappa shape index (κ1) is 14.3. The van der Waals surface area contributed by atoms with E-state index in [1.165, 1.54) is 4.90 Å². The van der Waals surface area contributed by atoms with Gasteiger partial charge < -0.3 is 10.2 Å². The van der Waals surface area contributed by atoms with E-state index in [4.69, 9.17) is 0 Å². The highest BCUT2D eigenvalue weighted by Crippen LogP contribution is 2.19. The van der Waals surface area contributed by atoms with Crippen molar-refractivity contribution in [3.63, 3.8) is 0 Å². The Bertz CT molecular complexity index is 449. The Hall–Kier alpha value is -1.72. The van der Waals surface area contributed by atoms with Crippen molar-refractivity contribution < 1.29 is 18.0 Å². The lowest BCUT2D eigenvalue weighted by Crippen LogP contribution is -2.37. The molecule has 0 aliphatic carbocycles. The van der Waals surface area contributed by atoms with Crippen molar-refractivity contribution in [3.05, 3.63) is 29.6 Å². The lowest BCUT2D eigenvalue weighted by atomic mass is 10.2. The highest BCUT2D eigenvalue weighted by atomic mass is 19.2. The normalized spacial score (nSPS) is 10.6. The smallest absolute Gasteiger partial charge is 0.241 e. The van der Waals surface area contributed by atoms with Crippen molar-refractivity contribution in [1.82, 2.24) is 4.90 Å². The number of carbonyl (C=O) groups excluding carboxylic acids is 1. The molecule has 0 heterocycles. The van der Waals surface area contributed by atoms with Crippen molar-refractivity contribution in [2.45, 2.75) is 19.9 Å². The minimum atomic E-state index is -1.55. The van der Waals surface area contributed by atoms with Crippen molar-refractivity contribution in [1.29, 1.82) is 0 Å². The second-order valence-electron chi connectivity index (χ2n) is 4.17. The van der Waals surface area contributed by atoms with E-state index in [1.54, 1.807) is 7.05 Å². The second kappa shape index (κ2) is 5.75. The number of benzene rings is 1. The number of likely N-dealkylation sites (N-methyl/N-ethyl adjacent to an activating group) is 1. The van der Waals surface area contributed by atoms with Crippen LogP contribution in [0.5, 0.6) is 0 Å². The number of nitrogens with zero attached hydrogens (tertiary/aromatic N) is 1. The summed E-state index contributed by atoms with van der Waals surface area (Å²) in [6.07, 6.45) is 0. The fraction of sp³-hybridized carbons (Fsp3) is 0.417. The molecule has 1 rings (SSSR count). The van der Waals surface area contributed by atoms with E-state index >= 15 is 0 Å². The Morgan fingerprint density at radius 3 is 2.44 bits per heavy atom. The van der Waals surface area contributed by atoms with E-state index in [-0.39, 0.29) is 24.2 Å². The van der Waals surface area contributed by atoms with E-state index in [1.807, 2.05) is 13.8 Å². The van der Waals surface area contributed by atoms with Gasteiger partial charge in [-0.2, -0.15) is 0 Å². The molecular formula is C12H15F3N2O. The molecule has 0 aliphatic rings. The predicted molar refractivity (Wildman–Crippen MR) is 62.7 cm³/mol. The Labute approximate surface area is 104 Å².